The Bertz CT molecular complexity index is 498. The highest BCUT2D eigenvalue weighted by atomic mass is 16.5. The second-order valence-corrected chi connectivity index (χ2v) is 7.22. The lowest BCUT2D eigenvalue weighted by molar-refractivity contribution is 0.0695. The van der Waals surface area contributed by atoms with Crippen molar-refractivity contribution in [3.63, 3.8) is 0 Å². The van der Waals surface area contributed by atoms with Crippen LogP contribution in [0.4, 0.5) is 0 Å². The van der Waals surface area contributed by atoms with Crippen molar-refractivity contribution in [3.8, 4) is 5.75 Å². The van der Waals surface area contributed by atoms with Crippen LogP contribution in [0, 0.1) is 5.92 Å². The lowest BCUT2D eigenvalue weighted by Gasteiger charge is -2.27. The van der Waals surface area contributed by atoms with Gasteiger partial charge in [0.1, 0.15) is 11.4 Å². The molecule has 3 rings (SSSR count). The van der Waals surface area contributed by atoms with Gasteiger partial charge >= 0.3 is 0 Å². The Hall–Kier alpha value is -1.06. The third-order valence-corrected chi connectivity index (χ3v) is 4.73. The molecular weight excluding hydrogens is 262 g/mol. The third-order valence-electron chi connectivity index (χ3n) is 4.73. The monoisotopic (exact) mass is 289 g/mol. The highest BCUT2D eigenvalue weighted by molar-refractivity contribution is 5.41. The number of nitrogens with one attached hydrogen (secondary N) is 1. The zero-order valence-electron chi connectivity index (χ0n) is 13.2. The molecule has 2 atom stereocenters. The second kappa shape index (κ2) is 5.98. The van der Waals surface area contributed by atoms with E-state index in [9.17, 15) is 5.11 Å². The molecule has 0 bridgehead atoms. The molecular formula is C18H27NO2. The zero-order chi connectivity index (χ0) is 14.9. The first-order valence-electron chi connectivity index (χ1n) is 8.23. The van der Waals surface area contributed by atoms with E-state index in [0.29, 0.717) is 5.92 Å². The molecule has 2 unspecified atom stereocenters. The molecule has 116 valence electrons. The molecule has 21 heavy (non-hydrogen) atoms. The van der Waals surface area contributed by atoms with Crippen molar-refractivity contribution in [1.82, 2.24) is 5.32 Å². The largest absolute Gasteiger partial charge is 0.487 e. The van der Waals surface area contributed by atoms with Crippen LogP contribution in [-0.4, -0.2) is 23.4 Å². The second-order valence-electron chi connectivity index (χ2n) is 7.22. The van der Waals surface area contributed by atoms with Gasteiger partial charge in [0.05, 0.1) is 6.10 Å². The van der Waals surface area contributed by atoms with Gasteiger partial charge in [0.25, 0.3) is 0 Å². The Morgan fingerprint density at radius 2 is 2.10 bits per heavy atom. The van der Waals surface area contributed by atoms with E-state index >= 15 is 0 Å². The molecule has 0 saturated heterocycles. The standard InChI is InChI=1S/C18H27NO2/c1-18(2)10-15-9-13(7-8-17(15)21-18)11-19-12-14-5-3-4-6-16(14)20/h7-9,14,16,19-20H,3-6,10-12H2,1-2H3. The molecule has 3 heteroatoms. The first-order valence-corrected chi connectivity index (χ1v) is 8.23. The summed E-state index contributed by atoms with van der Waals surface area (Å²) in [6.45, 7) is 6.06. The molecule has 1 aliphatic heterocycles. The van der Waals surface area contributed by atoms with E-state index in [2.05, 4.69) is 37.4 Å². The quantitative estimate of drug-likeness (QED) is 0.895. The van der Waals surface area contributed by atoms with E-state index in [4.69, 9.17) is 4.74 Å². The Morgan fingerprint density at radius 1 is 1.29 bits per heavy atom. The summed E-state index contributed by atoms with van der Waals surface area (Å²) in [4.78, 5) is 0. The fourth-order valence-corrected chi connectivity index (χ4v) is 3.60. The zero-order valence-corrected chi connectivity index (χ0v) is 13.2. The van der Waals surface area contributed by atoms with Crippen molar-refractivity contribution >= 4 is 0 Å². The molecule has 2 aliphatic rings. The van der Waals surface area contributed by atoms with Crippen LogP contribution in [0.1, 0.15) is 50.7 Å². The van der Waals surface area contributed by atoms with E-state index in [0.717, 1.165) is 38.1 Å². The van der Waals surface area contributed by atoms with Gasteiger partial charge in [0.15, 0.2) is 0 Å². The maximum absolute atomic E-state index is 9.99. The van der Waals surface area contributed by atoms with Crippen LogP contribution in [0.2, 0.25) is 0 Å². The SMILES string of the molecule is CC1(C)Cc2cc(CNCC3CCCCC3O)ccc2O1. The van der Waals surface area contributed by atoms with E-state index in [-0.39, 0.29) is 11.7 Å². The maximum atomic E-state index is 9.99. The summed E-state index contributed by atoms with van der Waals surface area (Å²) >= 11 is 0. The summed E-state index contributed by atoms with van der Waals surface area (Å²) in [6.07, 6.45) is 5.43. The lowest BCUT2D eigenvalue weighted by atomic mass is 9.86. The van der Waals surface area contributed by atoms with Crippen LogP contribution in [-0.2, 0) is 13.0 Å². The minimum absolute atomic E-state index is 0.0689. The highest BCUT2D eigenvalue weighted by Crippen LogP contribution is 2.35. The molecule has 2 N–H and O–H groups in total. The first kappa shape index (κ1) is 14.9. The number of rotatable bonds is 4. The van der Waals surface area contributed by atoms with Gasteiger partial charge in [-0.05, 0) is 49.8 Å². The molecule has 0 amide bonds. The first-order chi connectivity index (χ1) is 10.0. The molecule has 0 spiro atoms. The van der Waals surface area contributed by atoms with E-state index in [1.165, 1.54) is 24.0 Å². The lowest BCUT2D eigenvalue weighted by Crippen LogP contribution is -2.33. The molecule has 0 aromatic heterocycles. The van der Waals surface area contributed by atoms with Gasteiger partial charge in [-0.1, -0.05) is 25.0 Å². The van der Waals surface area contributed by atoms with Gasteiger partial charge in [-0.15, -0.1) is 0 Å². The predicted octanol–water partition coefficient (Wildman–Crippen LogP) is 3.04. The summed E-state index contributed by atoms with van der Waals surface area (Å²) in [5.41, 5.74) is 2.55. The fourth-order valence-electron chi connectivity index (χ4n) is 3.60. The average Bonchev–Trinajstić information content (AvgIpc) is 2.74. The number of fused-ring (bicyclic) bond motifs is 1. The molecule has 3 nitrogen and oxygen atoms in total. The van der Waals surface area contributed by atoms with Crippen molar-refractivity contribution in [2.75, 3.05) is 6.54 Å². The average molecular weight is 289 g/mol. The van der Waals surface area contributed by atoms with Crippen molar-refractivity contribution in [1.29, 1.82) is 0 Å². The topological polar surface area (TPSA) is 41.5 Å². The number of hydrogen-bond acceptors (Lipinski definition) is 3. The Kier molecular flexibility index (Phi) is 4.23. The van der Waals surface area contributed by atoms with Crippen molar-refractivity contribution in [2.24, 2.45) is 5.92 Å². The van der Waals surface area contributed by atoms with Gasteiger partial charge in [-0.2, -0.15) is 0 Å². The van der Waals surface area contributed by atoms with Crippen LogP contribution in [0.15, 0.2) is 18.2 Å². The van der Waals surface area contributed by atoms with Gasteiger partial charge in [-0.3, -0.25) is 0 Å². The summed E-state index contributed by atoms with van der Waals surface area (Å²) < 4.78 is 5.91. The van der Waals surface area contributed by atoms with Crippen LogP contribution in [0.5, 0.6) is 5.75 Å². The molecule has 0 radical (unpaired) electrons. The van der Waals surface area contributed by atoms with Crippen LogP contribution >= 0.6 is 0 Å². The summed E-state index contributed by atoms with van der Waals surface area (Å²) in [5.74, 6) is 1.46. The van der Waals surface area contributed by atoms with Gasteiger partial charge in [-0.25, -0.2) is 0 Å². The molecule has 1 fully saturated rings. The van der Waals surface area contributed by atoms with Crippen LogP contribution in [0.3, 0.4) is 0 Å². The van der Waals surface area contributed by atoms with Crippen LogP contribution in [0.25, 0.3) is 0 Å². The number of aliphatic hydroxyl groups excluding tert-OH is 1. The fraction of sp³-hybridized carbons (Fsp3) is 0.667. The predicted molar refractivity (Wildman–Crippen MR) is 84.5 cm³/mol. The van der Waals surface area contributed by atoms with Crippen LogP contribution < -0.4 is 10.1 Å². The summed E-state index contributed by atoms with van der Waals surface area (Å²) in [6, 6.07) is 6.50. The Balaban J connectivity index is 1.52. The van der Waals surface area contributed by atoms with Crippen molar-refractivity contribution < 1.29 is 9.84 Å². The summed E-state index contributed by atoms with van der Waals surface area (Å²) in [7, 11) is 0. The molecule has 1 aromatic rings. The van der Waals surface area contributed by atoms with Gasteiger partial charge < -0.3 is 15.2 Å². The van der Waals surface area contributed by atoms with Crippen molar-refractivity contribution in [2.45, 2.75) is 64.2 Å². The van der Waals surface area contributed by atoms with Gasteiger partial charge in [0.2, 0.25) is 0 Å². The molecule has 1 heterocycles. The number of aliphatic hydroxyl groups is 1. The minimum atomic E-state index is -0.111. The number of ether oxygens (including phenoxy) is 1. The normalized spacial score (nSPS) is 27.2. The van der Waals surface area contributed by atoms with Crippen molar-refractivity contribution in [3.05, 3.63) is 29.3 Å². The maximum Gasteiger partial charge on any atom is 0.123 e. The molecule has 1 saturated carbocycles. The van der Waals surface area contributed by atoms with E-state index in [1.54, 1.807) is 0 Å². The van der Waals surface area contributed by atoms with Gasteiger partial charge in [0, 0.05) is 19.5 Å². The number of hydrogen-bond donors (Lipinski definition) is 2. The van der Waals surface area contributed by atoms with E-state index < -0.39 is 0 Å². The smallest absolute Gasteiger partial charge is 0.123 e. The third kappa shape index (κ3) is 3.58. The number of benzene rings is 1. The summed E-state index contributed by atoms with van der Waals surface area (Å²) in [5, 5.41) is 13.5. The highest BCUT2D eigenvalue weighted by Gasteiger charge is 2.29. The molecule has 1 aromatic carbocycles. The minimum Gasteiger partial charge on any atom is -0.487 e. The van der Waals surface area contributed by atoms with E-state index in [1.807, 2.05) is 0 Å². The Morgan fingerprint density at radius 3 is 2.90 bits per heavy atom. The molecule has 1 aliphatic carbocycles. The Labute approximate surface area is 127 Å².